The molecule has 0 saturated heterocycles. The summed E-state index contributed by atoms with van der Waals surface area (Å²) in [5.74, 6) is -0.279. The first-order valence-electron chi connectivity index (χ1n) is 12.8. The van der Waals surface area contributed by atoms with Crippen molar-refractivity contribution in [3.8, 4) is 22.5 Å². The van der Waals surface area contributed by atoms with E-state index in [9.17, 15) is 4.39 Å². The molecule has 5 rings (SSSR count). The van der Waals surface area contributed by atoms with Crippen molar-refractivity contribution in [2.45, 2.75) is 39.9 Å². The van der Waals surface area contributed by atoms with Crippen LogP contribution >= 0.6 is 0 Å². The summed E-state index contributed by atoms with van der Waals surface area (Å²) >= 11 is 0. The minimum absolute atomic E-state index is 0. The van der Waals surface area contributed by atoms with Crippen molar-refractivity contribution < 1.29 is 24.5 Å². The zero-order chi connectivity index (χ0) is 27.1. The summed E-state index contributed by atoms with van der Waals surface area (Å²) in [6.45, 7) is 11.1. The maximum absolute atomic E-state index is 13.3. The molecule has 1 radical (unpaired) electrons. The Bertz CT molecular complexity index is 1480. The second-order valence-electron chi connectivity index (χ2n) is 10.5. The van der Waals surface area contributed by atoms with E-state index >= 15 is 0 Å². The summed E-state index contributed by atoms with van der Waals surface area (Å²) in [6, 6.07) is 34.0. The Labute approximate surface area is 246 Å². The minimum atomic E-state index is -1.24. The molecule has 5 aromatic rings. The Morgan fingerprint density at radius 1 is 0.769 bits per heavy atom. The second kappa shape index (κ2) is 13.7. The van der Waals surface area contributed by atoms with Crippen LogP contribution in [-0.2, 0) is 26.5 Å². The first-order valence-corrected chi connectivity index (χ1v) is 16.3. The smallest absolute Gasteiger partial charge is 0.117 e. The zero-order valence-corrected chi connectivity index (χ0v) is 26.4. The Kier molecular flexibility index (Phi) is 10.6. The van der Waals surface area contributed by atoms with E-state index in [1.54, 1.807) is 0 Å². The van der Waals surface area contributed by atoms with Gasteiger partial charge in [0, 0.05) is 32.5 Å². The van der Waals surface area contributed by atoms with Gasteiger partial charge in [0.15, 0.2) is 0 Å². The van der Waals surface area contributed by atoms with Crippen molar-refractivity contribution in [2.24, 2.45) is 0 Å². The topological polar surface area (TPSA) is 25.8 Å². The van der Waals surface area contributed by atoms with Crippen molar-refractivity contribution in [2.75, 3.05) is 0 Å². The number of rotatable bonds is 5. The third kappa shape index (κ3) is 8.62. The van der Waals surface area contributed by atoms with Crippen LogP contribution in [0.3, 0.4) is 0 Å². The molecular weight excluding hydrogens is 676 g/mol. The summed E-state index contributed by atoms with van der Waals surface area (Å²) in [5.41, 5.74) is 8.39. The van der Waals surface area contributed by atoms with E-state index in [0.29, 0.717) is 5.69 Å². The average Bonchev–Trinajstić information content (AvgIpc) is 2.91. The van der Waals surface area contributed by atoms with Gasteiger partial charge in [0.05, 0.1) is 8.07 Å². The third-order valence-electron chi connectivity index (χ3n) is 6.38. The number of aromatic nitrogens is 2. The normalized spacial score (nSPS) is 10.7. The van der Waals surface area contributed by atoms with Gasteiger partial charge in [-0.1, -0.05) is 76.0 Å². The fourth-order valence-electron chi connectivity index (χ4n) is 3.97. The quantitative estimate of drug-likeness (QED) is 0.137. The summed E-state index contributed by atoms with van der Waals surface area (Å²) < 4.78 is 13.3. The number of hydrogen-bond acceptors (Lipinski definition) is 2. The molecule has 3 aromatic carbocycles. The maximum atomic E-state index is 13.3. The number of hydrogen-bond donors (Lipinski definition) is 0. The number of aryl methyl sites for hydroxylation is 2. The van der Waals surface area contributed by atoms with Gasteiger partial charge in [-0.2, -0.15) is 0 Å². The molecule has 2 heterocycles. The van der Waals surface area contributed by atoms with Crippen molar-refractivity contribution in [3.05, 3.63) is 138 Å². The Balaban J connectivity index is 0.000000215. The fraction of sp³-hybridized carbons (Fsp3) is 0.176. The summed E-state index contributed by atoms with van der Waals surface area (Å²) in [7, 11) is -1.24. The van der Waals surface area contributed by atoms with E-state index in [-0.39, 0.29) is 25.9 Å². The van der Waals surface area contributed by atoms with Gasteiger partial charge in [-0.15, -0.1) is 70.3 Å². The Morgan fingerprint density at radius 2 is 1.51 bits per heavy atom. The molecule has 0 aliphatic heterocycles. The van der Waals surface area contributed by atoms with Gasteiger partial charge in [-0.25, -0.2) is 4.39 Å². The van der Waals surface area contributed by atoms with Crippen LogP contribution in [0.4, 0.5) is 4.39 Å². The van der Waals surface area contributed by atoms with Gasteiger partial charge >= 0.3 is 0 Å². The van der Waals surface area contributed by atoms with Crippen molar-refractivity contribution in [1.29, 1.82) is 0 Å². The first kappa shape index (κ1) is 30.3. The predicted molar refractivity (Wildman–Crippen MR) is 159 cm³/mol. The average molecular weight is 709 g/mol. The summed E-state index contributed by atoms with van der Waals surface area (Å²) in [6.07, 6.45) is 4.36. The van der Waals surface area contributed by atoms with Crippen LogP contribution in [0.5, 0.6) is 0 Å². The van der Waals surface area contributed by atoms with Gasteiger partial charge in [-0.05, 0) is 40.7 Å². The van der Waals surface area contributed by atoms with Crippen LogP contribution < -0.4 is 5.19 Å². The van der Waals surface area contributed by atoms with Gasteiger partial charge in [-0.3, -0.25) is 0 Å². The van der Waals surface area contributed by atoms with Crippen LogP contribution in [-0.4, -0.2) is 18.0 Å². The molecule has 2 aromatic heterocycles. The Morgan fingerprint density at radius 3 is 2.13 bits per heavy atom. The van der Waals surface area contributed by atoms with Crippen LogP contribution in [0.1, 0.15) is 22.3 Å². The number of pyridine rings is 2. The maximum Gasteiger partial charge on any atom is 0.117 e. The van der Waals surface area contributed by atoms with E-state index in [1.165, 1.54) is 45.8 Å². The largest absolute Gasteiger partial charge is 0.305 e. The van der Waals surface area contributed by atoms with Crippen molar-refractivity contribution >= 4 is 13.3 Å². The van der Waals surface area contributed by atoms with Gasteiger partial charge in [0.2, 0.25) is 0 Å². The molecule has 0 aliphatic carbocycles. The predicted octanol–water partition coefficient (Wildman–Crippen LogP) is 7.99. The van der Waals surface area contributed by atoms with Crippen LogP contribution in [0.25, 0.3) is 22.5 Å². The molecule has 0 bridgehead atoms. The minimum Gasteiger partial charge on any atom is -0.305 e. The van der Waals surface area contributed by atoms with E-state index < -0.39 is 8.07 Å². The fourth-order valence-corrected chi connectivity index (χ4v) is 5.01. The van der Waals surface area contributed by atoms with Crippen LogP contribution in [0, 0.1) is 31.8 Å². The molecule has 0 saturated carbocycles. The van der Waals surface area contributed by atoms with E-state index in [2.05, 4.69) is 92.0 Å². The van der Waals surface area contributed by atoms with E-state index in [0.717, 1.165) is 23.2 Å². The number of halogens is 1. The summed E-state index contributed by atoms with van der Waals surface area (Å²) in [5, 5.41) is 1.40. The van der Waals surface area contributed by atoms with Gasteiger partial charge in [0.25, 0.3) is 0 Å². The van der Waals surface area contributed by atoms with Crippen LogP contribution in [0.2, 0.25) is 19.6 Å². The Hall–Kier alpha value is -3.24. The van der Waals surface area contributed by atoms with E-state index in [1.807, 2.05) is 42.6 Å². The van der Waals surface area contributed by atoms with Gasteiger partial charge in [0.1, 0.15) is 5.82 Å². The molecule has 201 valence electrons. The molecule has 0 aliphatic rings. The molecule has 0 amide bonds. The second-order valence-corrected chi connectivity index (χ2v) is 15.6. The molecule has 0 atom stereocenters. The molecule has 0 fully saturated rings. The summed E-state index contributed by atoms with van der Waals surface area (Å²) in [4.78, 5) is 8.76. The van der Waals surface area contributed by atoms with Crippen LogP contribution in [0.15, 0.2) is 97.3 Å². The van der Waals surface area contributed by atoms with Crippen molar-refractivity contribution in [1.82, 2.24) is 9.97 Å². The molecule has 2 nitrogen and oxygen atoms in total. The molecule has 39 heavy (non-hydrogen) atoms. The SMILES string of the molecule is Cc1c[c-]c(-c2cc(F)ccn2)cc1Cc1ccccc1.Cc1c[c-]c(-c2ccc([Si](C)(C)C)cn2)cc1.[Ir]. The third-order valence-corrected chi connectivity index (χ3v) is 8.41. The van der Waals surface area contributed by atoms with Gasteiger partial charge < -0.3 is 9.97 Å². The number of nitrogens with zero attached hydrogens (tertiary/aromatic N) is 2. The molecule has 0 unspecified atom stereocenters. The molecule has 0 N–H and O–H groups in total. The molecular formula is C34H33FIrN2Si-2. The molecule has 0 spiro atoms. The van der Waals surface area contributed by atoms with E-state index in [4.69, 9.17) is 0 Å². The van der Waals surface area contributed by atoms with Crippen molar-refractivity contribution in [3.63, 3.8) is 0 Å². The zero-order valence-electron chi connectivity index (χ0n) is 23.1. The standard InChI is InChI=1S/C19H15FN.C15H18NSi.Ir/c1-14-7-8-16(19-13-18(20)9-10-21-19)12-17(14)11-15-5-3-2-4-6-15;1-12-5-7-13(8-6-12)15-10-9-14(11-16-15)17(2,3)4;/h2-7,9-10,12-13H,11H2,1H3;5-7,9-11H,1-4H3;/q2*-1;. The first-order chi connectivity index (χ1) is 18.2. The molecule has 5 heteroatoms. The number of benzene rings is 3. The monoisotopic (exact) mass is 709 g/mol.